The molecule has 0 aliphatic carbocycles. The van der Waals surface area contributed by atoms with Crippen LogP contribution in [0.5, 0.6) is 0 Å². The summed E-state index contributed by atoms with van der Waals surface area (Å²) in [6, 6.07) is 14.9. The van der Waals surface area contributed by atoms with Gasteiger partial charge in [0.2, 0.25) is 6.33 Å². The minimum absolute atomic E-state index is 0.353. The van der Waals surface area contributed by atoms with E-state index < -0.39 is 12.6 Å². The number of nitrogens with two attached hydrogens (primary N) is 2. The Morgan fingerprint density at radius 3 is 2.02 bits per heavy atom. The first-order valence-corrected chi connectivity index (χ1v) is 13.7. The third kappa shape index (κ3) is 7.57. The van der Waals surface area contributed by atoms with E-state index in [1.165, 1.54) is 12.5 Å². The summed E-state index contributed by atoms with van der Waals surface area (Å²) in [5.74, 6) is 0.731. The second-order valence-corrected chi connectivity index (χ2v) is 10.6. The van der Waals surface area contributed by atoms with Crippen molar-refractivity contribution in [2.24, 2.45) is 0 Å². The van der Waals surface area contributed by atoms with Crippen molar-refractivity contribution in [3.8, 4) is 0 Å². The van der Waals surface area contributed by atoms with E-state index in [-0.39, 0.29) is 0 Å². The van der Waals surface area contributed by atoms with Crippen LogP contribution in [0.15, 0.2) is 91.7 Å². The standard InChI is InChI=1S/C30H39N5O6/c1-35(2,17-19-37-28-21-39-30(41-28)24-9-4-6-11-26(24)32)16-7-12-33-13-14-34(22-33)15-18-36-27-20-38-29(40-27)23-8-3-5-10-25(23)31/h3-6,8-11,13-14,20-22,29-30H,7,12,15-19,31-32H2,1-2H3/q+2. The molecule has 2 aromatic carbocycles. The van der Waals surface area contributed by atoms with Crippen molar-refractivity contribution < 1.29 is 37.5 Å². The van der Waals surface area contributed by atoms with Crippen molar-refractivity contribution in [3.63, 3.8) is 0 Å². The molecule has 5 rings (SSSR count). The van der Waals surface area contributed by atoms with Crippen LogP contribution >= 0.6 is 0 Å². The zero-order chi connectivity index (χ0) is 28.7. The molecule has 2 aliphatic rings. The molecule has 1 aromatic heterocycles. The van der Waals surface area contributed by atoms with Crippen molar-refractivity contribution in [2.75, 3.05) is 51.9 Å². The molecule has 4 N–H and O–H groups in total. The molecule has 0 saturated carbocycles. The van der Waals surface area contributed by atoms with Gasteiger partial charge in [-0.05, 0) is 24.3 Å². The zero-order valence-corrected chi connectivity index (χ0v) is 23.6. The van der Waals surface area contributed by atoms with E-state index >= 15 is 0 Å². The second kappa shape index (κ2) is 12.8. The monoisotopic (exact) mass is 565 g/mol. The molecular weight excluding hydrogens is 526 g/mol. The molecule has 11 nitrogen and oxygen atoms in total. The highest BCUT2D eigenvalue weighted by molar-refractivity contribution is 5.48. The minimum Gasteiger partial charge on any atom is -0.459 e. The van der Waals surface area contributed by atoms with E-state index in [0.29, 0.717) is 43.0 Å². The Morgan fingerprint density at radius 1 is 0.829 bits per heavy atom. The highest BCUT2D eigenvalue weighted by atomic mass is 16.8. The molecule has 2 unspecified atom stereocenters. The van der Waals surface area contributed by atoms with Crippen LogP contribution < -0.4 is 16.0 Å². The van der Waals surface area contributed by atoms with Crippen molar-refractivity contribution in [1.82, 2.24) is 4.57 Å². The predicted molar refractivity (Wildman–Crippen MR) is 151 cm³/mol. The van der Waals surface area contributed by atoms with Gasteiger partial charge in [0.05, 0.1) is 38.3 Å². The molecule has 11 heteroatoms. The lowest BCUT2D eigenvalue weighted by Crippen LogP contribution is -2.44. The Hall–Kier alpha value is -4.51. The van der Waals surface area contributed by atoms with Gasteiger partial charge in [0.1, 0.15) is 38.7 Å². The molecular formula is C30H39N5O6+2. The summed E-state index contributed by atoms with van der Waals surface area (Å²) < 4.78 is 39.3. The van der Waals surface area contributed by atoms with Gasteiger partial charge in [-0.1, -0.05) is 24.3 Å². The molecule has 0 saturated heterocycles. The summed E-state index contributed by atoms with van der Waals surface area (Å²) in [6.45, 7) is 4.41. The van der Waals surface area contributed by atoms with Gasteiger partial charge in [-0.2, -0.15) is 0 Å². The maximum Gasteiger partial charge on any atom is 0.319 e. The molecule has 0 fully saturated rings. The highest BCUT2D eigenvalue weighted by Crippen LogP contribution is 2.33. The Morgan fingerprint density at radius 2 is 1.41 bits per heavy atom. The fourth-order valence-electron chi connectivity index (χ4n) is 4.56. The number of benzene rings is 2. The number of ether oxygens (including phenoxy) is 6. The number of para-hydroxylation sites is 2. The van der Waals surface area contributed by atoms with Gasteiger partial charge in [0.15, 0.2) is 12.5 Å². The minimum atomic E-state index is -0.580. The van der Waals surface area contributed by atoms with Crippen LogP contribution in [0.1, 0.15) is 30.1 Å². The SMILES string of the molecule is C[N+](C)(CCC[n+]1ccn(CCOC2=COC(c3ccccc3N)O2)c1)CCOC1=COC(c2ccccc2N)O1. The van der Waals surface area contributed by atoms with Crippen LogP contribution in [0.2, 0.25) is 0 Å². The molecule has 0 radical (unpaired) electrons. The Labute approximate surface area is 240 Å². The average molecular weight is 566 g/mol. The van der Waals surface area contributed by atoms with Crippen LogP contribution in [0.4, 0.5) is 11.4 Å². The maximum absolute atomic E-state index is 6.01. The first-order chi connectivity index (χ1) is 19.9. The number of aryl methyl sites for hydroxylation is 1. The number of nitrogen functional groups attached to an aromatic ring is 2. The quantitative estimate of drug-likeness (QED) is 0.173. The number of nitrogens with zero attached hydrogens (tertiary/aromatic N) is 3. The molecule has 41 heavy (non-hydrogen) atoms. The lowest BCUT2D eigenvalue weighted by atomic mass is 10.2. The lowest BCUT2D eigenvalue weighted by molar-refractivity contribution is -0.893. The van der Waals surface area contributed by atoms with E-state index in [1.807, 2.05) is 54.7 Å². The first-order valence-electron chi connectivity index (χ1n) is 13.7. The summed E-state index contributed by atoms with van der Waals surface area (Å²) in [7, 11) is 4.40. The highest BCUT2D eigenvalue weighted by Gasteiger charge is 2.26. The number of anilines is 2. The molecule has 2 aliphatic heterocycles. The largest absolute Gasteiger partial charge is 0.459 e. The van der Waals surface area contributed by atoms with Crippen molar-refractivity contribution >= 4 is 11.4 Å². The summed E-state index contributed by atoms with van der Waals surface area (Å²) >= 11 is 0. The van der Waals surface area contributed by atoms with E-state index in [0.717, 1.165) is 41.7 Å². The van der Waals surface area contributed by atoms with Crippen LogP contribution in [0.25, 0.3) is 0 Å². The summed E-state index contributed by atoms with van der Waals surface area (Å²) in [5.41, 5.74) is 14.8. The van der Waals surface area contributed by atoms with E-state index in [1.54, 1.807) is 0 Å². The molecule has 218 valence electrons. The molecule has 3 aromatic rings. The van der Waals surface area contributed by atoms with E-state index in [2.05, 4.69) is 35.8 Å². The number of likely N-dealkylation sites (N-methyl/N-ethyl adjacent to an activating group) is 1. The summed E-state index contributed by atoms with van der Waals surface area (Å²) in [6.07, 6.45) is 9.07. The zero-order valence-electron chi connectivity index (χ0n) is 23.6. The summed E-state index contributed by atoms with van der Waals surface area (Å²) in [4.78, 5) is 0. The van der Waals surface area contributed by atoms with Gasteiger partial charge in [0, 0.05) is 17.8 Å². The molecule has 3 heterocycles. The van der Waals surface area contributed by atoms with Gasteiger partial charge in [-0.3, -0.25) is 0 Å². The van der Waals surface area contributed by atoms with Gasteiger partial charge in [-0.15, -0.1) is 0 Å². The fourth-order valence-corrected chi connectivity index (χ4v) is 4.56. The van der Waals surface area contributed by atoms with Crippen molar-refractivity contribution in [2.45, 2.75) is 32.1 Å². The van der Waals surface area contributed by atoms with E-state index in [4.69, 9.17) is 39.9 Å². The lowest BCUT2D eigenvalue weighted by Gasteiger charge is -2.29. The molecule has 0 spiro atoms. The van der Waals surface area contributed by atoms with Crippen LogP contribution in [-0.4, -0.2) is 49.4 Å². The van der Waals surface area contributed by atoms with Gasteiger partial charge >= 0.3 is 11.9 Å². The summed E-state index contributed by atoms with van der Waals surface area (Å²) in [5, 5.41) is 0. The number of imidazole rings is 1. The second-order valence-electron chi connectivity index (χ2n) is 10.6. The molecule has 0 bridgehead atoms. The number of hydrogen-bond acceptors (Lipinski definition) is 8. The number of hydrogen-bond donors (Lipinski definition) is 2. The normalized spacial score (nSPS) is 18.0. The van der Waals surface area contributed by atoms with Gasteiger partial charge in [0.25, 0.3) is 12.6 Å². The van der Waals surface area contributed by atoms with Crippen molar-refractivity contribution in [3.05, 3.63) is 103 Å². The Bertz CT molecular complexity index is 1370. The number of rotatable bonds is 14. The maximum atomic E-state index is 6.01. The van der Waals surface area contributed by atoms with Crippen molar-refractivity contribution in [1.29, 1.82) is 0 Å². The van der Waals surface area contributed by atoms with Crippen LogP contribution in [0, 0.1) is 0 Å². The predicted octanol–water partition coefficient (Wildman–Crippen LogP) is 3.53. The molecule has 0 amide bonds. The van der Waals surface area contributed by atoms with Gasteiger partial charge in [-0.25, -0.2) is 9.13 Å². The smallest absolute Gasteiger partial charge is 0.319 e. The number of quaternary nitrogens is 1. The fraction of sp³-hybridized carbons (Fsp3) is 0.367. The first kappa shape index (κ1) is 28.0. The van der Waals surface area contributed by atoms with Gasteiger partial charge < -0.3 is 44.4 Å². The topological polar surface area (TPSA) is 116 Å². The Kier molecular flexibility index (Phi) is 8.73. The third-order valence-corrected chi connectivity index (χ3v) is 6.98. The Balaban J connectivity index is 0.954. The molecule has 2 atom stereocenters. The van der Waals surface area contributed by atoms with Crippen LogP contribution in [0.3, 0.4) is 0 Å². The van der Waals surface area contributed by atoms with Crippen LogP contribution in [-0.2, 0) is 41.5 Å². The number of aromatic nitrogens is 2. The third-order valence-electron chi connectivity index (χ3n) is 6.98. The average Bonchev–Trinajstić information content (AvgIpc) is 3.71. The van der Waals surface area contributed by atoms with E-state index in [9.17, 15) is 0 Å².